The van der Waals surface area contributed by atoms with Gasteiger partial charge < -0.3 is 16.0 Å². The second-order valence-corrected chi connectivity index (χ2v) is 10.1. The fourth-order valence-electron chi connectivity index (χ4n) is 3.60. The second kappa shape index (κ2) is 9.27. The molecule has 1 fully saturated rings. The summed E-state index contributed by atoms with van der Waals surface area (Å²) in [6.07, 6.45) is 2.65. The normalized spacial score (nSPS) is 15.9. The second-order valence-electron chi connectivity index (χ2n) is 9.10. The summed E-state index contributed by atoms with van der Waals surface area (Å²) >= 11 is 1.47. The molecule has 30 heavy (non-hydrogen) atoms. The van der Waals surface area contributed by atoms with Crippen molar-refractivity contribution in [3.63, 3.8) is 0 Å². The van der Waals surface area contributed by atoms with Crippen molar-refractivity contribution in [2.45, 2.75) is 52.4 Å². The van der Waals surface area contributed by atoms with Gasteiger partial charge in [-0.1, -0.05) is 32.9 Å². The molecule has 1 aromatic carbocycles. The van der Waals surface area contributed by atoms with Crippen molar-refractivity contribution >= 4 is 28.8 Å². The zero-order valence-electron chi connectivity index (χ0n) is 18.3. The Hall–Kier alpha value is -2.25. The molecule has 1 saturated heterocycles. The van der Waals surface area contributed by atoms with E-state index < -0.39 is 0 Å². The summed E-state index contributed by atoms with van der Waals surface area (Å²) in [4.78, 5) is 31.6. The van der Waals surface area contributed by atoms with Gasteiger partial charge in [0, 0.05) is 23.6 Å². The lowest BCUT2D eigenvalue weighted by Gasteiger charge is -2.30. The average Bonchev–Trinajstić information content (AvgIpc) is 3.10. The number of anilines is 1. The maximum atomic E-state index is 12.7. The zero-order valence-corrected chi connectivity index (χ0v) is 19.1. The number of nitrogens with zero attached hydrogens (tertiary/aromatic N) is 2. The minimum Gasteiger partial charge on any atom is -0.369 e. The molecule has 0 atom stereocenters. The number of nitrogens with one attached hydrogen (secondary N) is 1. The van der Waals surface area contributed by atoms with Gasteiger partial charge in [-0.15, -0.1) is 11.3 Å². The van der Waals surface area contributed by atoms with Crippen molar-refractivity contribution in [1.82, 2.24) is 9.88 Å². The number of nitrogens with two attached hydrogens (primary N) is 1. The molecule has 0 saturated carbocycles. The number of carbonyl (C=O) groups is 2. The predicted octanol–water partition coefficient (Wildman–Crippen LogP) is 3.74. The number of piperidine rings is 1. The molecule has 162 valence electrons. The molecule has 0 unspecified atom stereocenters. The van der Waals surface area contributed by atoms with Gasteiger partial charge in [-0.25, -0.2) is 4.98 Å². The van der Waals surface area contributed by atoms with Crippen LogP contribution in [0.15, 0.2) is 24.3 Å². The van der Waals surface area contributed by atoms with Crippen LogP contribution < -0.4 is 11.1 Å². The minimum absolute atomic E-state index is 0.0332. The summed E-state index contributed by atoms with van der Waals surface area (Å²) in [5.41, 5.74) is 8.13. The Balaban J connectivity index is 1.52. The van der Waals surface area contributed by atoms with Crippen LogP contribution in [0, 0.1) is 12.8 Å². The summed E-state index contributed by atoms with van der Waals surface area (Å²) in [6.45, 7) is 11.0. The molecule has 2 heterocycles. The molecule has 7 heteroatoms. The van der Waals surface area contributed by atoms with Crippen molar-refractivity contribution in [2.24, 2.45) is 11.7 Å². The summed E-state index contributed by atoms with van der Waals surface area (Å²) < 4.78 is 0. The van der Waals surface area contributed by atoms with Crippen LogP contribution in [0.5, 0.6) is 0 Å². The van der Waals surface area contributed by atoms with E-state index in [9.17, 15) is 9.59 Å². The first-order valence-electron chi connectivity index (χ1n) is 10.5. The number of primary amides is 1. The summed E-state index contributed by atoms with van der Waals surface area (Å²) in [5, 5.41) is 3.96. The molecular formula is C23H32N4O2S. The van der Waals surface area contributed by atoms with Crippen LogP contribution in [0.2, 0.25) is 0 Å². The molecule has 1 aliphatic rings. The molecule has 1 aromatic heterocycles. The Bertz CT molecular complexity index is 891. The summed E-state index contributed by atoms with van der Waals surface area (Å²) in [7, 11) is 0. The van der Waals surface area contributed by atoms with Gasteiger partial charge in [0.15, 0.2) is 0 Å². The Morgan fingerprint density at radius 1 is 1.20 bits per heavy atom. The minimum atomic E-state index is -0.171. The van der Waals surface area contributed by atoms with Gasteiger partial charge in [0.25, 0.3) is 5.91 Å². The van der Waals surface area contributed by atoms with Gasteiger partial charge in [-0.3, -0.25) is 9.59 Å². The standard InChI is InChI=1S/C23H32N4O2S/c1-15-19(30-22(25-15)23(2,3)4)21(29)26-18-7-5-16(6-8-18)9-12-27-13-10-17(11-14-27)20(24)28/h5-8,17H,9-14H2,1-4H3,(H2,24,28)(H,26,29). The van der Waals surface area contributed by atoms with Crippen LogP contribution in [0.3, 0.4) is 0 Å². The van der Waals surface area contributed by atoms with E-state index in [2.05, 4.69) is 48.1 Å². The smallest absolute Gasteiger partial charge is 0.267 e. The number of hydrogen-bond donors (Lipinski definition) is 2. The molecule has 2 aromatic rings. The van der Waals surface area contributed by atoms with E-state index in [4.69, 9.17) is 5.73 Å². The lowest BCUT2D eigenvalue weighted by molar-refractivity contribution is -0.123. The number of rotatable bonds is 6. The molecular weight excluding hydrogens is 396 g/mol. The zero-order chi connectivity index (χ0) is 21.9. The lowest BCUT2D eigenvalue weighted by Crippen LogP contribution is -2.39. The van der Waals surface area contributed by atoms with E-state index in [0.29, 0.717) is 4.88 Å². The number of hydrogen-bond acceptors (Lipinski definition) is 5. The van der Waals surface area contributed by atoms with Crippen molar-refractivity contribution in [3.8, 4) is 0 Å². The number of aryl methyl sites for hydroxylation is 1. The van der Waals surface area contributed by atoms with E-state index in [1.54, 1.807) is 0 Å². The maximum absolute atomic E-state index is 12.7. The molecule has 0 spiro atoms. The number of amides is 2. The van der Waals surface area contributed by atoms with Crippen molar-refractivity contribution in [2.75, 3.05) is 25.0 Å². The van der Waals surface area contributed by atoms with Gasteiger partial charge in [0.05, 0.1) is 10.7 Å². The van der Waals surface area contributed by atoms with Crippen molar-refractivity contribution in [3.05, 3.63) is 45.4 Å². The number of carbonyl (C=O) groups excluding carboxylic acids is 2. The Morgan fingerprint density at radius 2 is 1.83 bits per heavy atom. The third-order valence-corrected chi connectivity index (χ3v) is 7.14. The van der Waals surface area contributed by atoms with E-state index in [-0.39, 0.29) is 23.1 Å². The topological polar surface area (TPSA) is 88.3 Å². The van der Waals surface area contributed by atoms with Gasteiger partial charge in [0.1, 0.15) is 4.88 Å². The summed E-state index contributed by atoms with van der Waals surface area (Å²) in [5.74, 6) is -0.244. The SMILES string of the molecule is Cc1nc(C(C)(C)C)sc1C(=O)Nc1ccc(CCN2CCC(C(N)=O)CC2)cc1. The van der Waals surface area contributed by atoms with E-state index in [1.807, 2.05) is 19.1 Å². The first kappa shape index (κ1) is 22.4. The Kier molecular flexibility index (Phi) is 6.93. The van der Waals surface area contributed by atoms with Gasteiger partial charge in [0.2, 0.25) is 5.91 Å². The molecule has 0 bridgehead atoms. The summed E-state index contributed by atoms with van der Waals surface area (Å²) in [6, 6.07) is 8.03. The first-order chi connectivity index (χ1) is 14.1. The van der Waals surface area contributed by atoms with Crippen molar-refractivity contribution in [1.29, 1.82) is 0 Å². The molecule has 3 rings (SSSR count). The fourth-order valence-corrected chi connectivity index (χ4v) is 4.62. The van der Waals surface area contributed by atoms with Gasteiger partial charge in [-0.05, 0) is 57.0 Å². The van der Waals surface area contributed by atoms with Crippen LogP contribution in [0.25, 0.3) is 0 Å². The van der Waals surface area contributed by atoms with Crippen LogP contribution in [0.4, 0.5) is 5.69 Å². The highest BCUT2D eigenvalue weighted by Gasteiger charge is 2.24. The van der Waals surface area contributed by atoms with Gasteiger partial charge in [-0.2, -0.15) is 0 Å². The van der Waals surface area contributed by atoms with Crippen LogP contribution in [-0.4, -0.2) is 41.3 Å². The highest BCUT2D eigenvalue weighted by molar-refractivity contribution is 7.14. The first-order valence-corrected chi connectivity index (χ1v) is 11.3. The Labute approximate surface area is 182 Å². The van der Waals surface area contributed by atoms with Gasteiger partial charge >= 0.3 is 0 Å². The molecule has 0 aliphatic carbocycles. The maximum Gasteiger partial charge on any atom is 0.267 e. The number of aromatic nitrogens is 1. The van der Waals surface area contributed by atoms with Crippen LogP contribution >= 0.6 is 11.3 Å². The average molecular weight is 429 g/mol. The molecule has 6 nitrogen and oxygen atoms in total. The van der Waals surface area contributed by atoms with Crippen LogP contribution in [0.1, 0.15) is 59.5 Å². The van der Waals surface area contributed by atoms with Crippen molar-refractivity contribution < 1.29 is 9.59 Å². The van der Waals surface area contributed by atoms with Crippen LogP contribution in [-0.2, 0) is 16.6 Å². The van der Waals surface area contributed by atoms with E-state index in [0.717, 1.165) is 55.3 Å². The third-order valence-electron chi connectivity index (χ3n) is 5.56. The van der Waals surface area contributed by atoms with E-state index >= 15 is 0 Å². The third kappa shape index (κ3) is 5.67. The molecule has 1 aliphatic heterocycles. The predicted molar refractivity (Wildman–Crippen MR) is 122 cm³/mol. The molecule has 3 N–H and O–H groups in total. The molecule has 2 amide bonds. The lowest BCUT2D eigenvalue weighted by atomic mass is 9.96. The monoisotopic (exact) mass is 428 g/mol. The number of benzene rings is 1. The molecule has 0 radical (unpaired) electrons. The number of thiazole rings is 1. The van der Waals surface area contributed by atoms with E-state index in [1.165, 1.54) is 16.9 Å². The fraction of sp³-hybridized carbons (Fsp3) is 0.522. The largest absolute Gasteiger partial charge is 0.369 e. The number of likely N-dealkylation sites (tertiary alicyclic amines) is 1. The highest BCUT2D eigenvalue weighted by atomic mass is 32.1. The highest BCUT2D eigenvalue weighted by Crippen LogP contribution is 2.29. The Morgan fingerprint density at radius 3 is 2.37 bits per heavy atom. The quantitative estimate of drug-likeness (QED) is 0.734.